The van der Waals surface area contributed by atoms with Crippen LogP contribution in [0.5, 0.6) is 5.75 Å². The zero-order valence-corrected chi connectivity index (χ0v) is 13.2. The van der Waals surface area contributed by atoms with Crippen molar-refractivity contribution >= 4 is 21.6 Å². The third kappa shape index (κ3) is 3.09. The van der Waals surface area contributed by atoms with Gasteiger partial charge in [-0.15, -0.1) is 0 Å². The molecular weight excluding hydrogens is 300 g/mol. The van der Waals surface area contributed by atoms with Gasteiger partial charge in [0.25, 0.3) is 0 Å². The molecule has 1 atom stereocenters. The number of methoxy groups -OCH3 is 1. The summed E-state index contributed by atoms with van der Waals surface area (Å²) in [7, 11) is -0.285. The Hall–Kier alpha value is -0.820. The number of ether oxygens (including phenoxy) is 1. The van der Waals surface area contributed by atoms with Crippen LogP contribution in [0.4, 0.5) is 0 Å². The second kappa shape index (κ2) is 6.30. The Kier molecular flexibility index (Phi) is 4.90. The fourth-order valence-corrected chi connectivity index (χ4v) is 4.33. The van der Waals surface area contributed by atoms with Gasteiger partial charge in [0.15, 0.2) is 0 Å². The lowest BCUT2D eigenvalue weighted by Gasteiger charge is -2.32. The number of nitrogens with zero attached hydrogens (tertiary/aromatic N) is 1. The number of hydrogen-bond donors (Lipinski definition) is 1. The van der Waals surface area contributed by atoms with Crippen molar-refractivity contribution in [2.75, 3.05) is 27.2 Å². The molecule has 0 bridgehead atoms. The molecule has 112 valence electrons. The van der Waals surface area contributed by atoms with E-state index in [0.717, 1.165) is 12.8 Å². The van der Waals surface area contributed by atoms with Gasteiger partial charge in [-0.1, -0.05) is 11.6 Å². The van der Waals surface area contributed by atoms with Crippen molar-refractivity contribution < 1.29 is 13.2 Å². The lowest BCUT2D eigenvalue weighted by molar-refractivity contribution is 0.291. The number of likely N-dealkylation sites (N-methyl/N-ethyl adjacent to an activating group) is 1. The predicted octanol–water partition coefficient (Wildman–Crippen LogP) is 1.72. The number of halogens is 1. The highest BCUT2D eigenvalue weighted by atomic mass is 35.5. The summed E-state index contributed by atoms with van der Waals surface area (Å²) >= 11 is 5.92. The summed E-state index contributed by atoms with van der Waals surface area (Å²) < 4.78 is 32.1. The fraction of sp³-hybridized carbons (Fsp3) is 0.538. The van der Waals surface area contributed by atoms with Gasteiger partial charge in [0.05, 0.1) is 7.11 Å². The van der Waals surface area contributed by atoms with Gasteiger partial charge in [0, 0.05) is 24.2 Å². The molecule has 1 unspecified atom stereocenters. The first-order valence-corrected chi connectivity index (χ1v) is 8.32. The predicted molar refractivity (Wildman–Crippen MR) is 78.8 cm³/mol. The van der Waals surface area contributed by atoms with Gasteiger partial charge in [-0.05, 0) is 38.1 Å². The Morgan fingerprint density at radius 2 is 2.20 bits per heavy atom. The zero-order chi connectivity index (χ0) is 14.8. The van der Waals surface area contributed by atoms with Crippen LogP contribution >= 0.6 is 11.6 Å². The molecule has 2 rings (SSSR count). The lowest BCUT2D eigenvalue weighted by Crippen LogP contribution is -2.46. The first kappa shape index (κ1) is 15.6. The topological polar surface area (TPSA) is 58.6 Å². The second-order valence-corrected chi connectivity index (χ2v) is 7.13. The largest absolute Gasteiger partial charge is 0.495 e. The molecule has 1 saturated heterocycles. The van der Waals surface area contributed by atoms with E-state index in [1.54, 1.807) is 12.1 Å². The second-order valence-electron chi connectivity index (χ2n) is 4.79. The number of hydrogen-bond acceptors (Lipinski definition) is 4. The molecule has 1 aromatic carbocycles. The quantitative estimate of drug-likeness (QED) is 0.918. The monoisotopic (exact) mass is 318 g/mol. The van der Waals surface area contributed by atoms with E-state index in [1.807, 2.05) is 7.05 Å². The van der Waals surface area contributed by atoms with Crippen LogP contribution in [0.1, 0.15) is 12.8 Å². The molecule has 0 saturated carbocycles. The molecule has 1 N–H and O–H groups in total. The number of nitrogens with one attached hydrogen (secondary N) is 1. The van der Waals surface area contributed by atoms with Gasteiger partial charge >= 0.3 is 0 Å². The highest BCUT2D eigenvalue weighted by Gasteiger charge is 2.31. The van der Waals surface area contributed by atoms with Gasteiger partial charge in [-0.2, -0.15) is 4.31 Å². The van der Waals surface area contributed by atoms with Crippen molar-refractivity contribution in [3.8, 4) is 5.75 Å². The van der Waals surface area contributed by atoms with Gasteiger partial charge in [-0.25, -0.2) is 8.42 Å². The molecule has 5 nitrogen and oxygen atoms in total. The summed E-state index contributed by atoms with van der Waals surface area (Å²) in [5.74, 6) is 0.320. The van der Waals surface area contributed by atoms with Crippen molar-refractivity contribution in [1.29, 1.82) is 0 Å². The van der Waals surface area contributed by atoms with Crippen LogP contribution in [0.3, 0.4) is 0 Å². The van der Waals surface area contributed by atoms with Crippen LogP contribution in [-0.4, -0.2) is 46.0 Å². The Bertz CT molecular complexity index is 577. The first-order chi connectivity index (χ1) is 9.48. The molecule has 0 spiro atoms. The normalized spacial score (nSPS) is 20.9. The minimum absolute atomic E-state index is 0.129. The van der Waals surface area contributed by atoms with E-state index >= 15 is 0 Å². The average Bonchev–Trinajstić information content (AvgIpc) is 2.47. The van der Waals surface area contributed by atoms with Gasteiger partial charge < -0.3 is 10.1 Å². The number of piperidine rings is 1. The summed E-state index contributed by atoms with van der Waals surface area (Å²) in [5, 5.41) is 3.52. The Morgan fingerprint density at radius 3 is 2.85 bits per heavy atom. The third-order valence-electron chi connectivity index (χ3n) is 3.54. The number of benzene rings is 1. The minimum Gasteiger partial charge on any atom is -0.495 e. The summed E-state index contributed by atoms with van der Waals surface area (Å²) in [6.45, 7) is 0.991. The summed E-state index contributed by atoms with van der Waals surface area (Å²) in [6.07, 6.45) is 1.82. The van der Waals surface area contributed by atoms with Crippen LogP contribution in [0.2, 0.25) is 5.02 Å². The SMILES string of the molecule is CNC1CCCN(S(=O)(=O)c2cc(Cl)ccc2OC)C1. The zero-order valence-electron chi connectivity index (χ0n) is 11.6. The van der Waals surface area contributed by atoms with E-state index in [2.05, 4.69) is 5.32 Å². The fourth-order valence-electron chi connectivity index (χ4n) is 2.39. The summed E-state index contributed by atoms with van der Waals surface area (Å²) in [5.41, 5.74) is 0. The highest BCUT2D eigenvalue weighted by molar-refractivity contribution is 7.89. The van der Waals surface area contributed by atoms with Crippen molar-refractivity contribution in [3.05, 3.63) is 23.2 Å². The van der Waals surface area contributed by atoms with Crippen molar-refractivity contribution in [2.24, 2.45) is 0 Å². The molecule has 1 aromatic rings. The molecule has 0 aliphatic carbocycles. The molecule has 0 amide bonds. The van der Waals surface area contributed by atoms with Crippen molar-refractivity contribution in [1.82, 2.24) is 9.62 Å². The van der Waals surface area contributed by atoms with Gasteiger partial charge in [0.2, 0.25) is 10.0 Å². The molecule has 1 heterocycles. The smallest absolute Gasteiger partial charge is 0.246 e. The van der Waals surface area contributed by atoms with Gasteiger partial charge in [-0.3, -0.25) is 0 Å². The minimum atomic E-state index is -3.59. The lowest BCUT2D eigenvalue weighted by atomic mass is 10.1. The van der Waals surface area contributed by atoms with Crippen LogP contribution in [0.25, 0.3) is 0 Å². The van der Waals surface area contributed by atoms with Crippen molar-refractivity contribution in [3.63, 3.8) is 0 Å². The molecule has 1 aliphatic heterocycles. The molecular formula is C13H19ClN2O3S. The first-order valence-electron chi connectivity index (χ1n) is 6.50. The van der Waals surface area contributed by atoms with E-state index in [-0.39, 0.29) is 10.9 Å². The van der Waals surface area contributed by atoms with Crippen LogP contribution in [-0.2, 0) is 10.0 Å². The van der Waals surface area contributed by atoms with E-state index in [0.29, 0.717) is 23.9 Å². The average molecular weight is 319 g/mol. The maximum Gasteiger partial charge on any atom is 0.246 e. The third-order valence-corrected chi connectivity index (χ3v) is 5.66. The highest BCUT2D eigenvalue weighted by Crippen LogP contribution is 2.30. The summed E-state index contributed by atoms with van der Waals surface area (Å²) in [6, 6.07) is 4.82. The molecule has 1 aliphatic rings. The Balaban J connectivity index is 2.37. The molecule has 1 fully saturated rings. The summed E-state index contributed by atoms with van der Waals surface area (Å²) in [4.78, 5) is 0.129. The Labute approximate surface area is 124 Å². The van der Waals surface area contributed by atoms with E-state index in [1.165, 1.54) is 17.5 Å². The van der Waals surface area contributed by atoms with Crippen LogP contribution < -0.4 is 10.1 Å². The Morgan fingerprint density at radius 1 is 1.45 bits per heavy atom. The number of sulfonamides is 1. The standard InChI is InChI=1S/C13H19ClN2O3S/c1-15-11-4-3-7-16(9-11)20(17,18)13-8-10(14)5-6-12(13)19-2/h5-6,8,11,15H,3-4,7,9H2,1-2H3. The maximum absolute atomic E-state index is 12.7. The van der Waals surface area contributed by atoms with E-state index < -0.39 is 10.0 Å². The molecule has 0 aromatic heterocycles. The number of rotatable bonds is 4. The van der Waals surface area contributed by atoms with E-state index in [9.17, 15) is 8.42 Å². The molecule has 7 heteroatoms. The maximum atomic E-state index is 12.7. The molecule has 0 radical (unpaired) electrons. The van der Waals surface area contributed by atoms with Crippen LogP contribution in [0, 0.1) is 0 Å². The molecule has 20 heavy (non-hydrogen) atoms. The van der Waals surface area contributed by atoms with Crippen molar-refractivity contribution in [2.45, 2.75) is 23.8 Å². The van der Waals surface area contributed by atoms with E-state index in [4.69, 9.17) is 16.3 Å². The van der Waals surface area contributed by atoms with Gasteiger partial charge in [0.1, 0.15) is 10.6 Å². The van der Waals surface area contributed by atoms with Crippen LogP contribution in [0.15, 0.2) is 23.1 Å².